The summed E-state index contributed by atoms with van der Waals surface area (Å²) in [5, 5.41) is 12.6. The summed E-state index contributed by atoms with van der Waals surface area (Å²) in [5.41, 5.74) is 4.09. The molecule has 2 rings (SSSR count). The first-order valence-corrected chi connectivity index (χ1v) is 7.79. The van der Waals surface area contributed by atoms with Gasteiger partial charge < -0.3 is 9.84 Å². The van der Waals surface area contributed by atoms with E-state index in [2.05, 4.69) is 10.0 Å². The van der Waals surface area contributed by atoms with Gasteiger partial charge in [0.2, 0.25) is 0 Å². The third-order valence-electron chi connectivity index (χ3n) is 3.46. The predicted molar refractivity (Wildman–Crippen MR) is 77.6 cm³/mol. The maximum atomic E-state index is 12.9. The minimum absolute atomic E-state index is 0.255. The zero-order valence-corrected chi connectivity index (χ0v) is 12.9. The molecule has 13 heteroatoms. The van der Waals surface area contributed by atoms with E-state index in [4.69, 9.17) is 10.3 Å². The van der Waals surface area contributed by atoms with Crippen LogP contribution in [-0.2, 0) is 10.9 Å². The second-order valence-electron chi connectivity index (χ2n) is 4.88. The SMILES string of the molecule is CS[C@@H]1[C@H](O)[C@@H](CN=[N+]=[N-])O[C@H]1n1cc(C(F)(F)F)c(=O)[nH]c1=O. The molecule has 1 aromatic heterocycles. The molecule has 24 heavy (non-hydrogen) atoms. The number of halogens is 3. The molecular formula is C11H12F3N5O4S. The van der Waals surface area contributed by atoms with Crippen LogP contribution in [0.2, 0.25) is 0 Å². The molecule has 132 valence electrons. The van der Waals surface area contributed by atoms with Gasteiger partial charge in [-0.3, -0.25) is 14.3 Å². The van der Waals surface area contributed by atoms with E-state index in [0.717, 1.165) is 11.8 Å². The average molecular weight is 367 g/mol. The number of nitrogens with zero attached hydrogens (tertiary/aromatic N) is 4. The fourth-order valence-corrected chi connectivity index (χ4v) is 3.22. The molecule has 0 bridgehead atoms. The molecule has 9 nitrogen and oxygen atoms in total. The number of aromatic nitrogens is 2. The maximum absolute atomic E-state index is 12.9. The summed E-state index contributed by atoms with van der Waals surface area (Å²) >= 11 is 1.06. The molecule has 0 unspecified atom stereocenters. The molecule has 0 saturated carbocycles. The Kier molecular flexibility index (Phi) is 5.28. The van der Waals surface area contributed by atoms with Gasteiger partial charge in [-0.15, -0.1) is 0 Å². The van der Waals surface area contributed by atoms with E-state index in [0.29, 0.717) is 10.8 Å². The van der Waals surface area contributed by atoms with Crippen LogP contribution in [0.3, 0.4) is 0 Å². The lowest BCUT2D eigenvalue weighted by atomic mass is 10.1. The highest BCUT2D eigenvalue weighted by molar-refractivity contribution is 7.99. The molecule has 4 atom stereocenters. The molecule has 1 aliphatic heterocycles. The molecule has 0 amide bonds. The Bertz CT molecular complexity index is 772. The van der Waals surface area contributed by atoms with Crippen LogP contribution in [-0.4, -0.2) is 44.9 Å². The Hall–Kier alpha value is -1.95. The Balaban J connectivity index is 2.48. The number of azide groups is 1. The van der Waals surface area contributed by atoms with Crippen molar-refractivity contribution in [1.82, 2.24) is 9.55 Å². The number of thioether (sulfide) groups is 1. The quantitative estimate of drug-likeness (QED) is 0.462. The lowest BCUT2D eigenvalue weighted by molar-refractivity contribution is -0.139. The molecule has 2 N–H and O–H groups in total. The third-order valence-corrected chi connectivity index (χ3v) is 4.51. The van der Waals surface area contributed by atoms with E-state index in [-0.39, 0.29) is 6.54 Å². The fourth-order valence-electron chi connectivity index (χ4n) is 2.34. The molecule has 0 radical (unpaired) electrons. The minimum Gasteiger partial charge on any atom is -0.389 e. The van der Waals surface area contributed by atoms with E-state index in [1.807, 2.05) is 0 Å². The van der Waals surface area contributed by atoms with Crippen LogP contribution in [0.5, 0.6) is 0 Å². The number of ether oxygens (including phenoxy) is 1. The minimum atomic E-state index is -4.96. The van der Waals surface area contributed by atoms with Crippen LogP contribution < -0.4 is 11.2 Å². The van der Waals surface area contributed by atoms with Crippen molar-refractivity contribution < 1.29 is 23.0 Å². The van der Waals surface area contributed by atoms with Crippen LogP contribution >= 0.6 is 11.8 Å². The van der Waals surface area contributed by atoms with Crippen molar-refractivity contribution in [3.8, 4) is 0 Å². The van der Waals surface area contributed by atoms with E-state index >= 15 is 0 Å². The third kappa shape index (κ3) is 3.43. The molecule has 0 aliphatic carbocycles. The number of nitrogens with one attached hydrogen (secondary N) is 1. The highest BCUT2D eigenvalue weighted by atomic mass is 32.2. The lowest BCUT2D eigenvalue weighted by Crippen LogP contribution is -2.39. The van der Waals surface area contributed by atoms with Gasteiger partial charge >= 0.3 is 11.9 Å². The van der Waals surface area contributed by atoms with Gasteiger partial charge in [-0.25, -0.2) is 4.79 Å². The molecular weight excluding hydrogens is 355 g/mol. The number of hydrogen-bond donors (Lipinski definition) is 2. The zero-order chi connectivity index (χ0) is 18.1. The number of aromatic amines is 1. The Morgan fingerprint density at radius 2 is 2.21 bits per heavy atom. The van der Waals surface area contributed by atoms with Gasteiger partial charge in [0.25, 0.3) is 5.56 Å². The fraction of sp³-hybridized carbons (Fsp3) is 0.636. The standard InChI is InChI=1S/C11H12F3N5O4S/c1-24-7-6(20)5(2-16-18-15)23-9(7)19-3-4(11(12,13)14)8(21)17-10(19)22/h3,5-7,9,20H,2H2,1H3,(H,17,21,22)/t5-,6-,7-,9-/m1/s1. The molecule has 0 aromatic carbocycles. The number of aliphatic hydroxyl groups is 1. The maximum Gasteiger partial charge on any atom is 0.423 e. The molecule has 2 heterocycles. The number of hydrogen-bond acceptors (Lipinski definition) is 6. The van der Waals surface area contributed by atoms with E-state index in [9.17, 15) is 27.9 Å². The van der Waals surface area contributed by atoms with Crippen LogP contribution in [0.15, 0.2) is 20.9 Å². The largest absolute Gasteiger partial charge is 0.423 e. The second-order valence-corrected chi connectivity index (χ2v) is 5.89. The Morgan fingerprint density at radius 1 is 1.54 bits per heavy atom. The number of rotatable bonds is 4. The second kappa shape index (κ2) is 6.89. The smallest absolute Gasteiger partial charge is 0.389 e. The molecule has 1 aromatic rings. The first-order chi connectivity index (χ1) is 11.2. The summed E-state index contributed by atoms with van der Waals surface area (Å²) in [4.78, 5) is 27.3. The van der Waals surface area contributed by atoms with Crippen LogP contribution in [0.25, 0.3) is 10.4 Å². The van der Waals surface area contributed by atoms with Gasteiger partial charge in [0.05, 0.1) is 24.0 Å². The van der Waals surface area contributed by atoms with Gasteiger partial charge in [0.1, 0.15) is 5.56 Å². The van der Waals surface area contributed by atoms with Crippen molar-refractivity contribution in [3.05, 3.63) is 43.0 Å². The highest BCUT2D eigenvalue weighted by Gasteiger charge is 2.45. The topological polar surface area (TPSA) is 133 Å². The summed E-state index contributed by atoms with van der Waals surface area (Å²) in [6.45, 7) is -0.255. The summed E-state index contributed by atoms with van der Waals surface area (Å²) in [7, 11) is 0. The van der Waals surface area contributed by atoms with Crippen molar-refractivity contribution >= 4 is 11.8 Å². The van der Waals surface area contributed by atoms with Crippen LogP contribution in [0.4, 0.5) is 13.2 Å². The molecule has 0 spiro atoms. The number of aliphatic hydroxyl groups excluding tert-OH is 1. The van der Waals surface area contributed by atoms with E-state index < -0.39 is 46.7 Å². The summed E-state index contributed by atoms with van der Waals surface area (Å²) < 4.78 is 44.5. The van der Waals surface area contributed by atoms with Gasteiger partial charge in [0, 0.05) is 11.1 Å². The van der Waals surface area contributed by atoms with Crippen molar-refractivity contribution in [2.24, 2.45) is 5.11 Å². The first-order valence-electron chi connectivity index (χ1n) is 6.50. The van der Waals surface area contributed by atoms with Gasteiger partial charge in [-0.2, -0.15) is 24.9 Å². The zero-order valence-electron chi connectivity index (χ0n) is 12.1. The first kappa shape index (κ1) is 18.4. The van der Waals surface area contributed by atoms with Gasteiger partial charge in [-0.05, 0) is 11.8 Å². The summed E-state index contributed by atoms with van der Waals surface area (Å²) in [6, 6.07) is 0. The van der Waals surface area contributed by atoms with Crippen LogP contribution in [0, 0.1) is 0 Å². The van der Waals surface area contributed by atoms with Crippen molar-refractivity contribution in [2.75, 3.05) is 12.8 Å². The van der Waals surface area contributed by atoms with Gasteiger partial charge in [-0.1, -0.05) is 5.11 Å². The average Bonchev–Trinajstić information content (AvgIpc) is 2.79. The van der Waals surface area contributed by atoms with Crippen LogP contribution in [0.1, 0.15) is 11.8 Å². The number of alkyl halides is 3. The van der Waals surface area contributed by atoms with Crippen molar-refractivity contribution in [2.45, 2.75) is 29.9 Å². The molecule has 1 aliphatic rings. The monoisotopic (exact) mass is 367 g/mol. The van der Waals surface area contributed by atoms with E-state index in [1.54, 1.807) is 11.2 Å². The highest BCUT2D eigenvalue weighted by Crippen LogP contribution is 2.36. The normalized spacial score (nSPS) is 27.0. The predicted octanol–water partition coefficient (Wildman–Crippen LogP) is 0.856. The van der Waals surface area contributed by atoms with Gasteiger partial charge in [0.15, 0.2) is 6.23 Å². The summed E-state index contributed by atoms with van der Waals surface area (Å²) in [6.07, 6.45) is -6.46. The lowest BCUT2D eigenvalue weighted by Gasteiger charge is -2.20. The number of H-pyrrole nitrogens is 1. The molecule has 1 saturated heterocycles. The van der Waals surface area contributed by atoms with Crippen molar-refractivity contribution in [1.29, 1.82) is 0 Å². The Morgan fingerprint density at radius 3 is 2.75 bits per heavy atom. The van der Waals surface area contributed by atoms with E-state index in [1.165, 1.54) is 0 Å². The molecule has 1 fully saturated rings. The summed E-state index contributed by atoms with van der Waals surface area (Å²) in [5.74, 6) is 0. The van der Waals surface area contributed by atoms with Crippen molar-refractivity contribution in [3.63, 3.8) is 0 Å². The Labute approximate surface area is 136 Å².